The molecule has 1 aliphatic carbocycles. The largest absolute Gasteiger partial charge is 0.481 e. The molecule has 2 unspecified atom stereocenters. The van der Waals surface area contributed by atoms with Crippen LogP contribution in [0.15, 0.2) is 0 Å². The van der Waals surface area contributed by atoms with Gasteiger partial charge < -0.3 is 15.2 Å². The second kappa shape index (κ2) is 8.08. The van der Waals surface area contributed by atoms with Crippen LogP contribution in [0.1, 0.15) is 45.4 Å². The molecule has 5 nitrogen and oxygen atoms in total. The number of carboxylic acid groups (broad SMARTS) is 1. The molecule has 1 fully saturated rings. The van der Waals surface area contributed by atoms with E-state index in [0.29, 0.717) is 13.2 Å². The Morgan fingerprint density at radius 2 is 2.00 bits per heavy atom. The van der Waals surface area contributed by atoms with Crippen molar-refractivity contribution in [1.29, 1.82) is 0 Å². The van der Waals surface area contributed by atoms with Gasteiger partial charge in [-0.3, -0.25) is 9.59 Å². The summed E-state index contributed by atoms with van der Waals surface area (Å²) in [6.45, 7) is 3.28. The summed E-state index contributed by atoms with van der Waals surface area (Å²) in [4.78, 5) is 21.9. The highest BCUT2D eigenvalue weighted by Crippen LogP contribution is 2.33. The van der Waals surface area contributed by atoms with Crippen LogP contribution in [0.3, 0.4) is 0 Å². The number of nitrogens with one attached hydrogen (secondary N) is 1. The SMILES string of the molecule is CCOC1CC1C(=O)NCCCCCCC(=O)O. The van der Waals surface area contributed by atoms with E-state index in [2.05, 4.69) is 5.32 Å². The number of aliphatic carboxylic acids is 1. The van der Waals surface area contributed by atoms with Crippen LogP contribution >= 0.6 is 0 Å². The molecule has 0 bridgehead atoms. The van der Waals surface area contributed by atoms with Gasteiger partial charge in [0.1, 0.15) is 0 Å². The zero-order chi connectivity index (χ0) is 13.4. The molecule has 1 rings (SSSR count). The highest BCUT2D eigenvalue weighted by molar-refractivity contribution is 5.81. The molecule has 0 aromatic heterocycles. The van der Waals surface area contributed by atoms with Crippen molar-refractivity contribution in [2.75, 3.05) is 13.2 Å². The fraction of sp³-hybridized carbons (Fsp3) is 0.846. The van der Waals surface area contributed by atoms with Gasteiger partial charge in [-0.2, -0.15) is 0 Å². The molecule has 1 amide bonds. The van der Waals surface area contributed by atoms with Crippen molar-refractivity contribution in [3.05, 3.63) is 0 Å². The lowest BCUT2D eigenvalue weighted by molar-refractivity contribution is -0.137. The Hall–Kier alpha value is -1.10. The Labute approximate surface area is 108 Å². The lowest BCUT2D eigenvalue weighted by atomic mass is 10.1. The number of amides is 1. The third-order valence-electron chi connectivity index (χ3n) is 3.07. The van der Waals surface area contributed by atoms with Crippen molar-refractivity contribution < 1.29 is 19.4 Å². The molecule has 2 N–H and O–H groups in total. The van der Waals surface area contributed by atoms with E-state index >= 15 is 0 Å². The Kier molecular flexibility index (Phi) is 6.72. The normalized spacial score (nSPS) is 21.6. The average Bonchev–Trinajstić information content (AvgIpc) is 3.07. The minimum absolute atomic E-state index is 0.0527. The van der Waals surface area contributed by atoms with E-state index in [0.717, 1.165) is 32.1 Å². The van der Waals surface area contributed by atoms with Crippen molar-refractivity contribution in [3.8, 4) is 0 Å². The zero-order valence-corrected chi connectivity index (χ0v) is 11.0. The molecule has 0 aromatic carbocycles. The van der Waals surface area contributed by atoms with Gasteiger partial charge in [-0.15, -0.1) is 0 Å². The molecule has 0 heterocycles. The summed E-state index contributed by atoms with van der Waals surface area (Å²) < 4.78 is 5.35. The van der Waals surface area contributed by atoms with Crippen molar-refractivity contribution in [1.82, 2.24) is 5.32 Å². The molecule has 2 atom stereocenters. The van der Waals surface area contributed by atoms with Crippen molar-refractivity contribution in [3.63, 3.8) is 0 Å². The molecular weight excluding hydrogens is 234 g/mol. The van der Waals surface area contributed by atoms with Gasteiger partial charge in [0, 0.05) is 19.6 Å². The van der Waals surface area contributed by atoms with Gasteiger partial charge in [0.15, 0.2) is 0 Å². The van der Waals surface area contributed by atoms with Crippen molar-refractivity contribution >= 4 is 11.9 Å². The minimum Gasteiger partial charge on any atom is -0.481 e. The number of carbonyl (C=O) groups is 2. The summed E-state index contributed by atoms with van der Waals surface area (Å²) in [5, 5.41) is 11.4. The molecule has 104 valence electrons. The van der Waals surface area contributed by atoms with Crippen molar-refractivity contribution in [2.45, 2.75) is 51.6 Å². The quantitative estimate of drug-likeness (QED) is 0.582. The summed E-state index contributed by atoms with van der Waals surface area (Å²) in [7, 11) is 0. The number of hydrogen-bond donors (Lipinski definition) is 2. The Bertz CT molecular complexity index is 280. The zero-order valence-electron chi connectivity index (χ0n) is 11.0. The van der Waals surface area contributed by atoms with E-state index in [1.807, 2.05) is 6.92 Å². The van der Waals surface area contributed by atoms with Gasteiger partial charge in [0.05, 0.1) is 12.0 Å². The molecule has 0 aromatic rings. The van der Waals surface area contributed by atoms with Gasteiger partial charge in [-0.1, -0.05) is 12.8 Å². The van der Waals surface area contributed by atoms with Crippen LogP contribution in [0.5, 0.6) is 0 Å². The molecule has 0 saturated heterocycles. The van der Waals surface area contributed by atoms with E-state index < -0.39 is 5.97 Å². The molecule has 0 radical (unpaired) electrons. The van der Waals surface area contributed by atoms with Crippen LogP contribution in [-0.2, 0) is 14.3 Å². The van der Waals surface area contributed by atoms with Crippen LogP contribution in [-0.4, -0.2) is 36.2 Å². The topological polar surface area (TPSA) is 75.6 Å². The molecule has 0 aliphatic heterocycles. The first-order valence-electron chi connectivity index (χ1n) is 6.76. The third-order valence-corrected chi connectivity index (χ3v) is 3.07. The standard InChI is InChI=1S/C13H23NO4/c1-2-18-11-9-10(11)13(17)14-8-6-4-3-5-7-12(15)16/h10-11H,2-9H2,1H3,(H,14,17)(H,15,16). The van der Waals surface area contributed by atoms with Crippen LogP contribution < -0.4 is 5.32 Å². The summed E-state index contributed by atoms with van der Waals surface area (Å²) in [5.74, 6) is -0.588. The second-order valence-corrected chi connectivity index (χ2v) is 4.68. The first-order valence-corrected chi connectivity index (χ1v) is 6.76. The number of unbranched alkanes of at least 4 members (excludes halogenated alkanes) is 3. The molecule has 1 saturated carbocycles. The van der Waals surface area contributed by atoms with Crippen LogP contribution in [0.25, 0.3) is 0 Å². The fourth-order valence-electron chi connectivity index (χ4n) is 1.94. The number of carboxylic acids is 1. The number of ether oxygens (including phenoxy) is 1. The molecule has 5 heteroatoms. The fourth-order valence-corrected chi connectivity index (χ4v) is 1.94. The van der Waals surface area contributed by atoms with E-state index in [4.69, 9.17) is 9.84 Å². The molecule has 18 heavy (non-hydrogen) atoms. The van der Waals surface area contributed by atoms with Crippen molar-refractivity contribution in [2.24, 2.45) is 5.92 Å². The minimum atomic E-state index is -0.737. The molecular formula is C13H23NO4. The smallest absolute Gasteiger partial charge is 0.303 e. The maximum absolute atomic E-state index is 11.6. The van der Waals surface area contributed by atoms with E-state index in [1.54, 1.807) is 0 Å². The van der Waals surface area contributed by atoms with Gasteiger partial charge >= 0.3 is 5.97 Å². The first-order chi connectivity index (χ1) is 8.65. The summed E-state index contributed by atoms with van der Waals surface area (Å²) in [6, 6.07) is 0. The summed E-state index contributed by atoms with van der Waals surface area (Å²) in [6.07, 6.45) is 4.73. The predicted molar refractivity (Wildman–Crippen MR) is 67.3 cm³/mol. The summed E-state index contributed by atoms with van der Waals surface area (Å²) >= 11 is 0. The van der Waals surface area contributed by atoms with Crippen LogP contribution in [0.2, 0.25) is 0 Å². The Morgan fingerprint density at radius 3 is 2.67 bits per heavy atom. The maximum atomic E-state index is 11.6. The lowest BCUT2D eigenvalue weighted by Crippen LogP contribution is -2.27. The predicted octanol–water partition coefficient (Wildman–Crippen LogP) is 1.56. The molecule has 0 spiro atoms. The third kappa shape index (κ3) is 6.00. The first kappa shape index (κ1) is 15.0. The number of rotatable bonds is 10. The summed E-state index contributed by atoms with van der Waals surface area (Å²) in [5.41, 5.74) is 0. The van der Waals surface area contributed by atoms with E-state index in [-0.39, 0.29) is 24.3 Å². The van der Waals surface area contributed by atoms with Gasteiger partial charge in [-0.25, -0.2) is 0 Å². The number of carbonyl (C=O) groups excluding carboxylic acids is 1. The maximum Gasteiger partial charge on any atom is 0.303 e. The van der Waals surface area contributed by atoms with Crippen LogP contribution in [0, 0.1) is 5.92 Å². The average molecular weight is 257 g/mol. The number of hydrogen-bond acceptors (Lipinski definition) is 3. The Morgan fingerprint density at radius 1 is 1.28 bits per heavy atom. The van der Waals surface area contributed by atoms with Gasteiger partial charge in [0.25, 0.3) is 0 Å². The van der Waals surface area contributed by atoms with E-state index in [9.17, 15) is 9.59 Å². The highest BCUT2D eigenvalue weighted by atomic mass is 16.5. The van der Waals surface area contributed by atoms with Crippen LogP contribution in [0.4, 0.5) is 0 Å². The van der Waals surface area contributed by atoms with Gasteiger partial charge in [0.2, 0.25) is 5.91 Å². The van der Waals surface area contributed by atoms with Gasteiger partial charge in [-0.05, 0) is 26.2 Å². The monoisotopic (exact) mass is 257 g/mol. The molecule has 1 aliphatic rings. The second-order valence-electron chi connectivity index (χ2n) is 4.68. The Balaban J connectivity index is 1.89. The highest BCUT2D eigenvalue weighted by Gasteiger charge is 2.43. The van der Waals surface area contributed by atoms with E-state index in [1.165, 1.54) is 0 Å². The lowest BCUT2D eigenvalue weighted by Gasteiger charge is -2.04.